The number of ketones is 1. The molecule has 1 fully saturated rings. The van der Waals surface area contributed by atoms with Gasteiger partial charge < -0.3 is 9.47 Å². The van der Waals surface area contributed by atoms with Crippen LogP contribution in [0.3, 0.4) is 0 Å². The van der Waals surface area contributed by atoms with Crippen molar-refractivity contribution in [2.45, 2.75) is 8.65 Å². The molecule has 45 heavy (non-hydrogen) atoms. The molecule has 10 heteroatoms. The van der Waals surface area contributed by atoms with Gasteiger partial charge in [-0.3, -0.25) is 24.1 Å². The maximum absolute atomic E-state index is 13.9. The first-order valence-corrected chi connectivity index (χ1v) is 15.7. The minimum absolute atomic E-state index is 0.233. The summed E-state index contributed by atoms with van der Waals surface area (Å²) >= 11 is 7.84. The third-order valence-corrected chi connectivity index (χ3v) is 11.4. The molecule has 2 bridgehead atoms. The van der Waals surface area contributed by atoms with Crippen LogP contribution in [-0.2, 0) is 27.8 Å². The quantitative estimate of drug-likeness (QED) is 0.0810. The highest BCUT2D eigenvalue weighted by molar-refractivity contribution is 9.10. The Balaban J connectivity index is 1.04. The topological polar surface area (TPSA) is 107 Å². The van der Waals surface area contributed by atoms with Gasteiger partial charge in [0.15, 0.2) is 12.4 Å². The van der Waals surface area contributed by atoms with Crippen LogP contribution in [0.15, 0.2) is 103 Å². The molecule has 1 heterocycles. The molecule has 2 unspecified atom stereocenters. The lowest BCUT2D eigenvalue weighted by atomic mass is 9.54. The Hall–Kier alpha value is -4.41. The molecule has 8 nitrogen and oxygen atoms in total. The van der Waals surface area contributed by atoms with Crippen LogP contribution in [0, 0.1) is 11.8 Å². The van der Waals surface area contributed by atoms with E-state index in [1.807, 2.05) is 48.5 Å². The molecule has 1 aliphatic heterocycles. The second kappa shape index (κ2) is 10.9. The number of benzene rings is 4. The number of esters is 2. The van der Waals surface area contributed by atoms with Crippen molar-refractivity contribution in [2.75, 3.05) is 13.2 Å². The van der Waals surface area contributed by atoms with Crippen LogP contribution in [0.2, 0.25) is 0 Å². The predicted molar refractivity (Wildman–Crippen MR) is 169 cm³/mol. The summed E-state index contributed by atoms with van der Waals surface area (Å²) in [6, 6.07) is 29.7. The molecule has 2 amide bonds. The highest BCUT2D eigenvalue weighted by Gasteiger charge is 2.72. The van der Waals surface area contributed by atoms with E-state index < -0.39 is 63.2 Å². The molecular formula is C35H23Br2NO7. The summed E-state index contributed by atoms with van der Waals surface area (Å²) < 4.78 is 8.62. The molecule has 8 rings (SSSR count). The number of nitrogens with zero attached hydrogens (tertiary/aromatic N) is 1. The van der Waals surface area contributed by atoms with Gasteiger partial charge in [-0.2, -0.15) is 0 Å². The smallest absolute Gasteiger partial charge is 0.343 e. The number of amides is 2. The molecule has 3 aliphatic carbocycles. The number of likely N-dealkylation sites (tertiary alicyclic amines) is 1. The number of hydrogen-bond donors (Lipinski definition) is 0. The highest BCUT2D eigenvalue weighted by Crippen LogP contribution is 2.70. The molecule has 4 aliphatic rings. The van der Waals surface area contributed by atoms with Crippen LogP contribution in [0.1, 0.15) is 43.0 Å². The lowest BCUT2D eigenvalue weighted by Gasteiger charge is -2.55. The molecule has 0 N–H and O–H groups in total. The largest absolute Gasteiger partial charge is 0.456 e. The van der Waals surface area contributed by atoms with Crippen LogP contribution in [0.4, 0.5) is 0 Å². The number of carbonyl (C=O) groups excluding carboxylic acids is 5. The fourth-order valence-electron chi connectivity index (χ4n) is 6.73. The van der Waals surface area contributed by atoms with Crippen LogP contribution >= 0.6 is 31.9 Å². The van der Waals surface area contributed by atoms with Crippen molar-refractivity contribution in [3.05, 3.63) is 137 Å². The summed E-state index contributed by atoms with van der Waals surface area (Å²) in [6.45, 7) is -1.21. The van der Waals surface area contributed by atoms with E-state index in [4.69, 9.17) is 9.47 Å². The minimum Gasteiger partial charge on any atom is -0.456 e. The van der Waals surface area contributed by atoms with E-state index in [0.29, 0.717) is 5.56 Å². The molecule has 0 spiro atoms. The number of rotatable bonds is 7. The zero-order valence-corrected chi connectivity index (χ0v) is 26.6. The third-order valence-electron chi connectivity index (χ3n) is 8.72. The zero-order valence-electron chi connectivity index (χ0n) is 23.4. The fraction of sp³-hybridized carbons (Fsp3) is 0.171. The molecule has 4 aromatic carbocycles. The maximum atomic E-state index is 13.9. The first-order chi connectivity index (χ1) is 21.7. The van der Waals surface area contributed by atoms with Gasteiger partial charge in [0.2, 0.25) is 11.8 Å². The second-order valence-electron chi connectivity index (χ2n) is 11.1. The van der Waals surface area contributed by atoms with Crippen molar-refractivity contribution < 1.29 is 33.4 Å². The van der Waals surface area contributed by atoms with E-state index in [9.17, 15) is 24.0 Å². The van der Waals surface area contributed by atoms with Gasteiger partial charge in [0.25, 0.3) is 0 Å². The Kier molecular flexibility index (Phi) is 7.09. The molecule has 0 aromatic heterocycles. The number of ether oxygens (including phenoxy) is 2. The van der Waals surface area contributed by atoms with Crippen LogP contribution in [-0.4, -0.2) is 47.6 Å². The SMILES string of the molecule is O=C(CN1C(=O)C2C(C1=O)C1(Br)c3ccccc3C2(Br)c2ccccc21)OCC(=O)c1ccc(OC(=O)c2ccccc2)cc1. The maximum Gasteiger partial charge on any atom is 0.343 e. The Morgan fingerprint density at radius 1 is 0.644 bits per heavy atom. The standard InChI is InChI=1S/C35H23Br2NO7/c36-34-23-10-4-5-11-24(23)35(37,26-13-7-6-12-25(26)34)30-29(34)31(41)38(32(30)42)18-28(40)44-19-27(39)20-14-16-22(17-15-20)45-33(43)21-8-2-1-3-9-21/h1-17,29-30H,18-19H2. The van der Waals surface area contributed by atoms with Gasteiger partial charge >= 0.3 is 11.9 Å². The van der Waals surface area contributed by atoms with Crippen LogP contribution < -0.4 is 4.74 Å². The van der Waals surface area contributed by atoms with E-state index in [1.165, 1.54) is 24.3 Å². The molecule has 0 saturated carbocycles. The Morgan fingerprint density at radius 3 is 1.60 bits per heavy atom. The summed E-state index contributed by atoms with van der Waals surface area (Å²) in [6.07, 6.45) is 0. The lowest BCUT2D eigenvalue weighted by molar-refractivity contribution is -0.152. The summed E-state index contributed by atoms with van der Waals surface area (Å²) in [5, 5.41) is 0. The van der Waals surface area contributed by atoms with Crippen LogP contribution in [0.25, 0.3) is 0 Å². The summed E-state index contributed by atoms with van der Waals surface area (Å²) in [4.78, 5) is 66.8. The van der Waals surface area contributed by atoms with Gasteiger partial charge in [-0.15, -0.1) is 0 Å². The van der Waals surface area contributed by atoms with Crippen LogP contribution in [0.5, 0.6) is 5.75 Å². The molecule has 0 radical (unpaired) electrons. The van der Waals surface area contributed by atoms with Crippen molar-refractivity contribution in [1.82, 2.24) is 4.90 Å². The molecule has 4 aromatic rings. The Morgan fingerprint density at radius 2 is 1.11 bits per heavy atom. The second-order valence-corrected chi connectivity index (χ2v) is 13.6. The number of imide groups is 1. The number of halogens is 2. The van der Waals surface area contributed by atoms with E-state index in [-0.39, 0.29) is 11.3 Å². The van der Waals surface area contributed by atoms with Crippen molar-refractivity contribution in [2.24, 2.45) is 11.8 Å². The van der Waals surface area contributed by atoms with Crippen molar-refractivity contribution in [1.29, 1.82) is 0 Å². The molecule has 224 valence electrons. The zero-order chi connectivity index (χ0) is 31.5. The molecular weight excluding hydrogens is 706 g/mol. The first-order valence-electron chi connectivity index (χ1n) is 14.1. The first kappa shape index (κ1) is 29.3. The van der Waals surface area contributed by atoms with Crippen molar-refractivity contribution in [3.63, 3.8) is 0 Å². The average molecular weight is 729 g/mol. The minimum atomic E-state index is -0.969. The number of alkyl halides is 2. The number of Topliss-reactive ketones (excluding diaryl/α,β-unsaturated/α-hetero) is 1. The fourth-order valence-corrected chi connectivity index (χ4v) is 9.04. The van der Waals surface area contributed by atoms with Gasteiger partial charge in [0.05, 0.1) is 26.0 Å². The normalized spacial score (nSPS) is 24.0. The Bertz CT molecular complexity index is 1790. The van der Waals surface area contributed by atoms with E-state index >= 15 is 0 Å². The monoisotopic (exact) mass is 727 g/mol. The van der Waals surface area contributed by atoms with Crippen molar-refractivity contribution >= 4 is 61.4 Å². The highest BCUT2D eigenvalue weighted by atomic mass is 79.9. The van der Waals surface area contributed by atoms with Crippen molar-refractivity contribution in [3.8, 4) is 5.75 Å². The average Bonchev–Trinajstić information content (AvgIpc) is 3.33. The third kappa shape index (κ3) is 4.41. The number of carbonyl (C=O) groups is 5. The van der Waals surface area contributed by atoms with Gasteiger partial charge in [-0.25, -0.2) is 4.79 Å². The van der Waals surface area contributed by atoms with Gasteiger partial charge in [0, 0.05) is 5.56 Å². The van der Waals surface area contributed by atoms with Gasteiger partial charge in [-0.05, 0) is 58.7 Å². The summed E-state index contributed by atoms with van der Waals surface area (Å²) in [7, 11) is 0. The molecule has 1 saturated heterocycles. The predicted octanol–water partition coefficient (Wildman–Crippen LogP) is 5.54. The number of hydrogen-bond acceptors (Lipinski definition) is 7. The Labute approximate surface area is 274 Å². The van der Waals surface area contributed by atoms with E-state index in [1.54, 1.807) is 30.3 Å². The van der Waals surface area contributed by atoms with E-state index in [2.05, 4.69) is 31.9 Å². The van der Waals surface area contributed by atoms with Gasteiger partial charge in [-0.1, -0.05) is 98.6 Å². The summed E-state index contributed by atoms with van der Waals surface area (Å²) in [5.41, 5.74) is 4.17. The van der Waals surface area contributed by atoms with Gasteiger partial charge in [0.1, 0.15) is 12.3 Å². The summed E-state index contributed by atoms with van der Waals surface area (Å²) in [5.74, 6) is -4.26. The lowest BCUT2D eigenvalue weighted by Crippen LogP contribution is -2.56. The van der Waals surface area contributed by atoms with E-state index in [0.717, 1.165) is 27.2 Å². The molecule has 2 atom stereocenters.